The van der Waals surface area contributed by atoms with Gasteiger partial charge in [-0.25, -0.2) is 9.37 Å². The van der Waals surface area contributed by atoms with Crippen LogP contribution in [-0.4, -0.2) is 23.5 Å². The number of thiazole rings is 1. The maximum absolute atomic E-state index is 13.8. The van der Waals surface area contributed by atoms with E-state index in [0.717, 1.165) is 30.2 Å². The minimum atomic E-state index is -0.147. The summed E-state index contributed by atoms with van der Waals surface area (Å²) >= 11 is 1.66. The van der Waals surface area contributed by atoms with Crippen LogP contribution in [0.2, 0.25) is 0 Å². The van der Waals surface area contributed by atoms with Gasteiger partial charge in [0.15, 0.2) is 5.13 Å². The van der Waals surface area contributed by atoms with E-state index in [1.54, 1.807) is 17.4 Å². The zero-order valence-corrected chi connectivity index (χ0v) is 13.6. The van der Waals surface area contributed by atoms with E-state index in [4.69, 9.17) is 0 Å². The molecule has 0 aliphatic carbocycles. The Morgan fingerprint density at radius 1 is 1.38 bits per heavy atom. The van der Waals surface area contributed by atoms with Gasteiger partial charge in [-0.05, 0) is 26.5 Å². The number of anilines is 1. The summed E-state index contributed by atoms with van der Waals surface area (Å²) in [5, 5.41) is 4.24. The first kappa shape index (κ1) is 15.9. The van der Waals surface area contributed by atoms with Gasteiger partial charge >= 0.3 is 0 Å². The number of nitrogens with one attached hydrogen (secondary N) is 1. The minimum Gasteiger partial charge on any atom is -0.362 e. The minimum absolute atomic E-state index is 0.0281. The lowest BCUT2D eigenvalue weighted by Gasteiger charge is -2.24. The van der Waals surface area contributed by atoms with Crippen molar-refractivity contribution in [2.24, 2.45) is 0 Å². The van der Waals surface area contributed by atoms with Crippen LogP contribution < -0.4 is 5.32 Å². The van der Waals surface area contributed by atoms with Gasteiger partial charge in [0.25, 0.3) is 0 Å². The standard InChI is InChI=1S/C16H22FN3S/c1-4-9-18-16-19-10-13(21-16)11-20(3)12(2)14-7-5-6-8-15(14)17/h5-8,10,12H,4,9,11H2,1-3H3,(H,18,19). The Morgan fingerprint density at radius 3 is 2.86 bits per heavy atom. The molecule has 21 heavy (non-hydrogen) atoms. The van der Waals surface area contributed by atoms with Gasteiger partial charge in [0.05, 0.1) is 0 Å². The molecule has 1 aromatic carbocycles. The summed E-state index contributed by atoms with van der Waals surface area (Å²) in [6.45, 7) is 5.86. The van der Waals surface area contributed by atoms with E-state index in [9.17, 15) is 4.39 Å². The highest BCUT2D eigenvalue weighted by atomic mass is 32.1. The highest BCUT2D eigenvalue weighted by Gasteiger charge is 2.16. The topological polar surface area (TPSA) is 28.2 Å². The van der Waals surface area contributed by atoms with Gasteiger partial charge in [0, 0.05) is 35.8 Å². The summed E-state index contributed by atoms with van der Waals surface area (Å²) in [7, 11) is 2.01. The van der Waals surface area contributed by atoms with Gasteiger partial charge < -0.3 is 5.32 Å². The van der Waals surface area contributed by atoms with E-state index in [1.807, 2.05) is 32.3 Å². The number of hydrogen-bond donors (Lipinski definition) is 1. The molecule has 0 aliphatic rings. The second kappa shape index (κ2) is 7.52. The van der Waals surface area contributed by atoms with Crippen molar-refractivity contribution in [1.82, 2.24) is 9.88 Å². The molecule has 0 fully saturated rings. The molecular weight excluding hydrogens is 285 g/mol. The molecule has 1 N–H and O–H groups in total. The van der Waals surface area contributed by atoms with E-state index in [-0.39, 0.29) is 11.9 Å². The normalized spacial score (nSPS) is 12.6. The predicted molar refractivity (Wildman–Crippen MR) is 87.2 cm³/mol. The fourth-order valence-corrected chi connectivity index (χ4v) is 3.03. The van der Waals surface area contributed by atoms with Crippen LogP contribution in [0.25, 0.3) is 0 Å². The number of rotatable bonds is 7. The maximum Gasteiger partial charge on any atom is 0.182 e. The first-order chi connectivity index (χ1) is 10.1. The lowest BCUT2D eigenvalue weighted by molar-refractivity contribution is 0.250. The van der Waals surface area contributed by atoms with Crippen LogP contribution >= 0.6 is 11.3 Å². The van der Waals surface area contributed by atoms with E-state index in [0.29, 0.717) is 0 Å². The molecule has 0 amide bonds. The Labute approximate surface area is 129 Å². The van der Waals surface area contributed by atoms with Gasteiger partial charge in [-0.15, -0.1) is 11.3 Å². The van der Waals surface area contributed by atoms with E-state index >= 15 is 0 Å². The first-order valence-corrected chi connectivity index (χ1v) is 8.06. The molecule has 114 valence electrons. The molecule has 1 aromatic heterocycles. The molecule has 1 heterocycles. The van der Waals surface area contributed by atoms with E-state index in [1.165, 1.54) is 10.9 Å². The van der Waals surface area contributed by atoms with Crippen LogP contribution in [0.5, 0.6) is 0 Å². The van der Waals surface area contributed by atoms with Crippen molar-refractivity contribution in [3.05, 3.63) is 46.7 Å². The Hall–Kier alpha value is -1.46. The molecule has 2 rings (SSSR count). The smallest absolute Gasteiger partial charge is 0.182 e. The third-order valence-corrected chi connectivity index (χ3v) is 4.44. The van der Waals surface area contributed by atoms with Crippen LogP contribution in [0.1, 0.15) is 36.8 Å². The Morgan fingerprint density at radius 2 is 2.14 bits per heavy atom. The monoisotopic (exact) mass is 307 g/mol. The first-order valence-electron chi connectivity index (χ1n) is 7.25. The van der Waals surface area contributed by atoms with Crippen LogP contribution in [0, 0.1) is 5.82 Å². The van der Waals surface area contributed by atoms with Crippen molar-refractivity contribution in [1.29, 1.82) is 0 Å². The SMILES string of the molecule is CCCNc1ncc(CN(C)C(C)c2ccccc2F)s1. The van der Waals surface area contributed by atoms with Gasteiger partial charge in [0.1, 0.15) is 5.82 Å². The molecule has 0 aliphatic heterocycles. The summed E-state index contributed by atoms with van der Waals surface area (Å²) in [6.07, 6.45) is 2.98. The van der Waals surface area contributed by atoms with Gasteiger partial charge in [-0.2, -0.15) is 0 Å². The summed E-state index contributed by atoms with van der Waals surface area (Å²) in [4.78, 5) is 7.68. The zero-order chi connectivity index (χ0) is 15.2. The van der Waals surface area contributed by atoms with E-state index in [2.05, 4.69) is 22.1 Å². The van der Waals surface area contributed by atoms with Crippen molar-refractivity contribution in [2.75, 3.05) is 18.9 Å². The summed E-state index contributed by atoms with van der Waals surface area (Å²) in [5.41, 5.74) is 0.730. The summed E-state index contributed by atoms with van der Waals surface area (Å²) in [5.74, 6) is -0.147. The third kappa shape index (κ3) is 4.25. The second-order valence-corrected chi connectivity index (χ2v) is 6.29. The van der Waals surface area contributed by atoms with E-state index < -0.39 is 0 Å². The molecule has 0 saturated heterocycles. The van der Waals surface area contributed by atoms with Crippen molar-refractivity contribution < 1.29 is 4.39 Å². The molecule has 1 unspecified atom stereocenters. The number of halogens is 1. The summed E-state index contributed by atoms with van der Waals surface area (Å²) in [6, 6.07) is 6.99. The lowest BCUT2D eigenvalue weighted by atomic mass is 10.1. The molecule has 0 saturated carbocycles. The molecule has 5 heteroatoms. The van der Waals surface area contributed by atoms with Crippen molar-refractivity contribution in [3.8, 4) is 0 Å². The second-order valence-electron chi connectivity index (χ2n) is 5.17. The zero-order valence-electron chi connectivity index (χ0n) is 12.8. The third-order valence-electron chi connectivity index (χ3n) is 3.50. The molecular formula is C16H22FN3S. The van der Waals surface area contributed by atoms with Gasteiger partial charge in [-0.3, -0.25) is 4.90 Å². The number of hydrogen-bond acceptors (Lipinski definition) is 4. The number of nitrogens with zero attached hydrogens (tertiary/aromatic N) is 2. The maximum atomic E-state index is 13.8. The number of benzene rings is 1. The van der Waals surface area contributed by atoms with Gasteiger partial charge in [0.2, 0.25) is 0 Å². The molecule has 0 spiro atoms. The van der Waals surface area contributed by atoms with Crippen LogP contribution in [0.4, 0.5) is 9.52 Å². The predicted octanol–water partition coefficient (Wildman–Crippen LogP) is 4.30. The average molecular weight is 307 g/mol. The Kier molecular flexibility index (Phi) is 5.70. The Bertz CT molecular complexity index is 570. The van der Waals surface area contributed by atoms with Crippen molar-refractivity contribution in [2.45, 2.75) is 32.9 Å². The molecule has 2 aromatic rings. The number of aromatic nitrogens is 1. The van der Waals surface area contributed by atoms with Crippen LogP contribution in [-0.2, 0) is 6.54 Å². The highest BCUT2D eigenvalue weighted by Crippen LogP contribution is 2.25. The van der Waals surface area contributed by atoms with Crippen molar-refractivity contribution in [3.63, 3.8) is 0 Å². The Balaban J connectivity index is 1.99. The van der Waals surface area contributed by atoms with Gasteiger partial charge in [-0.1, -0.05) is 25.1 Å². The lowest BCUT2D eigenvalue weighted by Crippen LogP contribution is -2.22. The quantitative estimate of drug-likeness (QED) is 0.826. The largest absolute Gasteiger partial charge is 0.362 e. The fourth-order valence-electron chi connectivity index (χ4n) is 2.13. The van der Waals surface area contributed by atoms with Crippen molar-refractivity contribution >= 4 is 16.5 Å². The van der Waals surface area contributed by atoms with Crippen LogP contribution in [0.3, 0.4) is 0 Å². The molecule has 0 radical (unpaired) electrons. The highest BCUT2D eigenvalue weighted by molar-refractivity contribution is 7.15. The van der Waals surface area contributed by atoms with Crippen LogP contribution in [0.15, 0.2) is 30.5 Å². The summed E-state index contributed by atoms with van der Waals surface area (Å²) < 4.78 is 13.8. The average Bonchev–Trinajstić information content (AvgIpc) is 2.92. The fraction of sp³-hybridized carbons (Fsp3) is 0.438. The molecule has 0 bridgehead atoms. The molecule has 1 atom stereocenters. The molecule has 3 nitrogen and oxygen atoms in total.